The Morgan fingerprint density at radius 1 is 0.784 bits per heavy atom. The largest absolute Gasteiger partial charge is 0.493 e. The third-order valence-electron chi connectivity index (χ3n) is 5.55. The Morgan fingerprint density at radius 2 is 1.41 bits per heavy atom. The third-order valence-corrected chi connectivity index (χ3v) is 7.19. The number of methoxy groups -OCH3 is 5. The maximum Gasteiger partial charge on any atom is 0.270 e. The molecule has 0 unspecified atom stereocenters. The van der Waals surface area contributed by atoms with Gasteiger partial charge in [0.05, 0.1) is 51.1 Å². The summed E-state index contributed by atoms with van der Waals surface area (Å²) < 4.78 is 53.7. The topological polar surface area (TPSA) is 123 Å². The van der Waals surface area contributed by atoms with Gasteiger partial charge in [-0.15, -0.1) is 0 Å². The molecule has 10 nitrogen and oxygen atoms in total. The maximum absolute atomic E-state index is 13.3. The van der Waals surface area contributed by atoms with E-state index < -0.39 is 20.5 Å². The number of sulfone groups is 1. The van der Waals surface area contributed by atoms with Crippen LogP contribution in [-0.2, 0) is 15.6 Å². The van der Waals surface area contributed by atoms with Crippen LogP contribution in [0, 0.1) is 10.1 Å². The quantitative estimate of drug-likeness (QED) is 0.196. The van der Waals surface area contributed by atoms with Crippen LogP contribution in [0.1, 0.15) is 16.7 Å². The zero-order chi connectivity index (χ0) is 27.2. The Morgan fingerprint density at radius 3 is 1.95 bits per heavy atom. The molecule has 0 fully saturated rings. The molecule has 0 aliphatic carbocycles. The van der Waals surface area contributed by atoms with E-state index in [1.165, 1.54) is 53.7 Å². The summed E-state index contributed by atoms with van der Waals surface area (Å²) in [6.07, 6.45) is 3.48. The Hall–Kier alpha value is -4.25. The van der Waals surface area contributed by atoms with Crippen molar-refractivity contribution in [1.82, 2.24) is 0 Å². The average Bonchev–Trinajstić information content (AvgIpc) is 2.91. The van der Waals surface area contributed by atoms with E-state index in [0.29, 0.717) is 39.7 Å². The van der Waals surface area contributed by atoms with Gasteiger partial charge in [0.15, 0.2) is 32.8 Å². The molecule has 0 atom stereocenters. The van der Waals surface area contributed by atoms with Gasteiger partial charge >= 0.3 is 0 Å². The van der Waals surface area contributed by atoms with Gasteiger partial charge in [-0.1, -0.05) is 24.3 Å². The summed E-state index contributed by atoms with van der Waals surface area (Å²) in [6, 6.07) is 11.8. The first kappa shape index (κ1) is 27.3. The molecule has 0 saturated heterocycles. The molecule has 3 rings (SSSR count). The number of non-ortho nitro benzene ring substituents is 1. The fourth-order valence-electron chi connectivity index (χ4n) is 3.76. The van der Waals surface area contributed by atoms with E-state index in [0.717, 1.165) is 6.07 Å². The first-order valence-electron chi connectivity index (χ1n) is 10.9. The van der Waals surface area contributed by atoms with Gasteiger partial charge in [-0.2, -0.15) is 0 Å². The molecular formula is C26H27NO9S. The molecule has 0 heterocycles. The van der Waals surface area contributed by atoms with E-state index in [1.54, 1.807) is 36.4 Å². The summed E-state index contributed by atoms with van der Waals surface area (Å²) in [5.41, 5.74) is 1.26. The zero-order valence-corrected chi connectivity index (χ0v) is 21.8. The molecule has 3 aromatic rings. The van der Waals surface area contributed by atoms with Crippen molar-refractivity contribution in [3.63, 3.8) is 0 Å². The van der Waals surface area contributed by atoms with Crippen LogP contribution in [0.2, 0.25) is 0 Å². The average molecular weight is 530 g/mol. The molecule has 0 bridgehead atoms. The molecule has 37 heavy (non-hydrogen) atoms. The summed E-state index contributed by atoms with van der Waals surface area (Å²) in [5, 5.41) is 11.2. The van der Waals surface area contributed by atoms with Gasteiger partial charge in [-0.3, -0.25) is 10.1 Å². The number of rotatable bonds is 11. The molecule has 3 aromatic carbocycles. The predicted molar refractivity (Wildman–Crippen MR) is 139 cm³/mol. The number of hydrogen-bond acceptors (Lipinski definition) is 9. The molecular weight excluding hydrogens is 502 g/mol. The second-order valence-electron chi connectivity index (χ2n) is 7.67. The Balaban J connectivity index is 2.11. The monoisotopic (exact) mass is 529 g/mol. The molecule has 11 heteroatoms. The summed E-state index contributed by atoms with van der Waals surface area (Å²) in [6.45, 7) is 0. The van der Waals surface area contributed by atoms with Crippen molar-refractivity contribution in [1.29, 1.82) is 0 Å². The van der Waals surface area contributed by atoms with E-state index in [-0.39, 0.29) is 16.3 Å². The van der Waals surface area contributed by atoms with Crippen molar-refractivity contribution in [2.24, 2.45) is 0 Å². The van der Waals surface area contributed by atoms with Gasteiger partial charge in [0.25, 0.3) is 5.69 Å². The highest BCUT2D eigenvalue weighted by Crippen LogP contribution is 2.40. The van der Waals surface area contributed by atoms with Crippen molar-refractivity contribution >= 4 is 27.7 Å². The lowest BCUT2D eigenvalue weighted by Gasteiger charge is -2.16. The standard InChI is InChI=1S/C26H27NO9S/c1-32-22-12-11-18(10-9-17-13-23(33-2)26(36-5)24(14-17)34-3)21(25(22)35-4)16-37(30,31)20-8-6-7-19(15-20)27(28)29/h6-15H,16H2,1-5H3/b10-9-. The molecule has 0 saturated carbocycles. The second-order valence-corrected chi connectivity index (χ2v) is 9.66. The van der Waals surface area contributed by atoms with Crippen molar-refractivity contribution in [2.75, 3.05) is 35.5 Å². The van der Waals surface area contributed by atoms with Gasteiger partial charge in [0, 0.05) is 17.7 Å². The fourth-order valence-corrected chi connectivity index (χ4v) is 5.19. The number of ether oxygens (including phenoxy) is 5. The summed E-state index contributed by atoms with van der Waals surface area (Å²) in [4.78, 5) is 10.4. The zero-order valence-electron chi connectivity index (χ0n) is 21.0. The lowest BCUT2D eigenvalue weighted by atomic mass is 10.0. The molecule has 0 aliphatic rings. The van der Waals surface area contributed by atoms with Crippen LogP contribution in [0.25, 0.3) is 12.2 Å². The number of nitro benzene ring substituents is 1. The predicted octanol–water partition coefficient (Wildman–Crippen LogP) is 4.78. The number of nitrogens with zero attached hydrogens (tertiary/aromatic N) is 1. The lowest BCUT2D eigenvalue weighted by molar-refractivity contribution is -0.385. The van der Waals surface area contributed by atoms with Crippen LogP contribution in [0.15, 0.2) is 53.4 Å². The van der Waals surface area contributed by atoms with Gasteiger partial charge in [-0.05, 0) is 35.4 Å². The number of benzene rings is 3. The molecule has 0 spiro atoms. The van der Waals surface area contributed by atoms with E-state index >= 15 is 0 Å². The third kappa shape index (κ3) is 5.95. The van der Waals surface area contributed by atoms with Gasteiger partial charge < -0.3 is 23.7 Å². The molecule has 0 aliphatic heterocycles. The van der Waals surface area contributed by atoms with Crippen molar-refractivity contribution < 1.29 is 37.0 Å². The highest BCUT2D eigenvalue weighted by atomic mass is 32.2. The normalized spacial score (nSPS) is 11.3. The van der Waals surface area contributed by atoms with Crippen LogP contribution >= 0.6 is 0 Å². The van der Waals surface area contributed by atoms with Crippen LogP contribution in [-0.4, -0.2) is 48.9 Å². The number of nitro groups is 1. The minimum atomic E-state index is -3.99. The minimum Gasteiger partial charge on any atom is -0.493 e. The SMILES string of the molecule is COc1cc(/C=C\c2ccc(OC)c(OC)c2CS(=O)(=O)c2cccc([N+](=O)[O-])c2)cc(OC)c1OC. The van der Waals surface area contributed by atoms with E-state index in [2.05, 4.69) is 0 Å². The van der Waals surface area contributed by atoms with Crippen LogP contribution in [0.5, 0.6) is 28.7 Å². The summed E-state index contributed by atoms with van der Waals surface area (Å²) >= 11 is 0. The van der Waals surface area contributed by atoms with Gasteiger partial charge in [0.1, 0.15) is 0 Å². The van der Waals surface area contributed by atoms with Crippen LogP contribution < -0.4 is 23.7 Å². The van der Waals surface area contributed by atoms with Gasteiger partial charge in [-0.25, -0.2) is 8.42 Å². The van der Waals surface area contributed by atoms with E-state index in [1.807, 2.05) is 0 Å². The highest BCUT2D eigenvalue weighted by Gasteiger charge is 2.24. The highest BCUT2D eigenvalue weighted by molar-refractivity contribution is 7.90. The molecule has 0 radical (unpaired) electrons. The molecule has 0 N–H and O–H groups in total. The summed E-state index contributed by atoms with van der Waals surface area (Å²) in [7, 11) is 3.39. The number of hydrogen-bond donors (Lipinski definition) is 0. The lowest BCUT2D eigenvalue weighted by Crippen LogP contribution is -2.09. The van der Waals surface area contributed by atoms with E-state index in [9.17, 15) is 18.5 Å². The van der Waals surface area contributed by atoms with Crippen molar-refractivity contribution in [2.45, 2.75) is 10.6 Å². The van der Waals surface area contributed by atoms with Crippen molar-refractivity contribution in [3.05, 3.63) is 75.3 Å². The smallest absolute Gasteiger partial charge is 0.270 e. The van der Waals surface area contributed by atoms with Gasteiger partial charge in [0.2, 0.25) is 5.75 Å². The fraction of sp³-hybridized carbons (Fsp3) is 0.231. The molecule has 0 aromatic heterocycles. The van der Waals surface area contributed by atoms with Crippen LogP contribution in [0.3, 0.4) is 0 Å². The van der Waals surface area contributed by atoms with E-state index in [4.69, 9.17) is 23.7 Å². The Labute approximate surface area is 215 Å². The first-order chi connectivity index (χ1) is 17.7. The minimum absolute atomic E-state index is 0.175. The van der Waals surface area contributed by atoms with Crippen molar-refractivity contribution in [3.8, 4) is 28.7 Å². The van der Waals surface area contributed by atoms with Crippen LogP contribution in [0.4, 0.5) is 5.69 Å². The Kier molecular flexibility index (Phi) is 8.61. The second kappa shape index (κ2) is 11.7. The summed E-state index contributed by atoms with van der Waals surface area (Å²) in [5.74, 6) is 1.46. The maximum atomic E-state index is 13.3. The molecule has 0 amide bonds. The first-order valence-corrected chi connectivity index (χ1v) is 12.5. The Bertz CT molecular complexity index is 1410. The molecule has 196 valence electrons.